The molecule has 1 saturated heterocycles. The van der Waals surface area contributed by atoms with E-state index in [-0.39, 0.29) is 17.9 Å². The number of para-hydroxylation sites is 2. The highest BCUT2D eigenvalue weighted by Gasteiger charge is 2.20. The van der Waals surface area contributed by atoms with E-state index in [1.54, 1.807) is 7.11 Å². The van der Waals surface area contributed by atoms with Gasteiger partial charge in [0.15, 0.2) is 0 Å². The molecule has 1 aliphatic heterocycles. The molecule has 0 radical (unpaired) electrons. The smallest absolute Gasteiger partial charge is 0.234 e. The summed E-state index contributed by atoms with van der Waals surface area (Å²) in [5, 5.41) is 5.91. The molecule has 1 aromatic carbocycles. The molecule has 2 amide bonds. The summed E-state index contributed by atoms with van der Waals surface area (Å²) in [6.45, 7) is 8.70. The van der Waals surface area contributed by atoms with Crippen LogP contribution in [-0.4, -0.2) is 74.0 Å². The third-order valence-corrected chi connectivity index (χ3v) is 4.89. The van der Waals surface area contributed by atoms with Gasteiger partial charge in [-0.2, -0.15) is 0 Å². The number of carbonyl (C=O) groups excluding carboxylic acids is 2. The minimum Gasteiger partial charge on any atom is -0.495 e. The molecule has 1 aliphatic rings. The van der Waals surface area contributed by atoms with Crippen molar-refractivity contribution in [3.8, 4) is 5.75 Å². The van der Waals surface area contributed by atoms with E-state index in [0.29, 0.717) is 30.9 Å². The Morgan fingerprint density at radius 3 is 2.44 bits per heavy atom. The molecule has 1 heterocycles. The molecule has 0 bridgehead atoms. The normalized spacial score (nSPS) is 16.6. The second kappa shape index (κ2) is 10.9. The van der Waals surface area contributed by atoms with Crippen LogP contribution in [0.1, 0.15) is 26.7 Å². The van der Waals surface area contributed by atoms with Crippen molar-refractivity contribution < 1.29 is 14.3 Å². The Morgan fingerprint density at radius 1 is 1.11 bits per heavy atom. The number of anilines is 1. The molecular formula is C20H32N4O3. The highest BCUT2D eigenvalue weighted by molar-refractivity contribution is 5.92. The van der Waals surface area contributed by atoms with Gasteiger partial charge in [-0.1, -0.05) is 19.1 Å². The summed E-state index contributed by atoms with van der Waals surface area (Å²) in [6.07, 6.45) is 1.38. The first kappa shape index (κ1) is 21.2. The van der Waals surface area contributed by atoms with E-state index in [0.717, 1.165) is 32.6 Å². The standard InChI is InChI=1S/C20H32N4O3/c1-4-16(2)21-20(26)15-24-13-11-23(12-14-24)10-9-19(25)22-17-7-5-6-8-18(17)27-3/h5-8,16H,4,9-15H2,1-3H3,(H,21,26)(H,22,25). The van der Waals surface area contributed by atoms with Crippen LogP contribution in [0, 0.1) is 0 Å². The molecule has 0 aromatic heterocycles. The second-order valence-electron chi connectivity index (χ2n) is 6.99. The fourth-order valence-corrected chi connectivity index (χ4v) is 3.02. The number of nitrogens with zero attached hydrogens (tertiary/aromatic N) is 2. The number of carbonyl (C=O) groups is 2. The molecule has 7 nitrogen and oxygen atoms in total. The van der Waals surface area contributed by atoms with E-state index in [1.165, 1.54) is 0 Å². The van der Waals surface area contributed by atoms with Gasteiger partial charge in [0.05, 0.1) is 19.3 Å². The predicted molar refractivity (Wildman–Crippen MR) is 107 cm³/mol. The summed E-state index contributed by atoms with van der Waals surface area (Å²) in [5.41, 5.74) is 0.696. The number of hydrogen-bond donors (Lipinski definition) is 2. The lowest BCUT2D eigenvalue weighted by molar-refractivity contribution is -0.123. The van der Waals surface area contributed by atoms with Crippen molar-refractivity contribution in [3.05, 3.63) is 24.3 Å². The van der Waals surface area contributed by atoms with Crippen LogP contribution in [0.3, 0.4) is 0 Å². The third-order valence-electron chi connectivity index (χ3n) is 4.89. The van der Waals surface area contributed by atoms with Gasteiger partial charge in [0, 0.05) is 45.2 Å². The van der Waals surface area contributed by atoms with Gasteiger partial charge in [-0.25, -0.2) is 0 Å². The Bertz CT molecular complexity index is 615. The lowest BCUT2D eigenvalue weighted by Crippen LogP contribution is -2.50. The minimum absolute atomic E-state index is 0.0186. The van der Waals surface area contributed by atoms with E-state index < -0.39 is 0 Å². The van der Waals surface area contributed by atoms with E-state index in [4.69, 9.17) is 4.74 Å². The van der Waals surface area contributed by atoms with Gasteiger partial charge in [0.25, 0.3) is 0 Å². The lowest BCUT2D eigenvalue weighted by atomic mass is 10.2. The minimum atomic E-state index is -0.0186. The van der Waals surface area contributed by atoms with Crippen LogP contribution >= 0.6 is 0 Å². The average molecular weight is 377 g/mol. The van der Waals surface area contributed by atoms with Crippen LogP contribution < -0.4 is 15.4 Å². The summed E-state index contributed by atoms with van der Waals surface area (Å²) in [5.74, 6) is 0.735. The number of hydrogen-bond acceptors (Lipinski definition) is 5. The molecule has 0 aliphatic carbocycles. The van der Waals surface area contributed by atoms with Gasteiger partial charge in [-0.15, -0.1) is 0 Å². The molecule has 7 heteroatoms. The lowest BCUT2D eigenvalue weighted by Gasteiger charge is -2.34. The van der Waals surface area contributed by atoms with Gasteiger partial charge in [-0.3, -0.25) is 14.5 Å². The van der Waals surface area contributed by atoms with Gasteiger partial charge in [-0.05, 0) is 25.5 Å². The molecule has 0 saturated carbocycles. The maximum absolute atomic E-state index is 12.2. The number of benzene rings is 1. The molecule has 1 atom stereocenters. The van der Waals surface area contributed by atoms with Crippen molar-refractivity contribution in [3.63, 3.8) is 0 Å². The number of piperazine rings is 1. The summed E-state index contributed by atoms with van der Waals surface area (Å²) < 4.78 is 5.25. The Kier molecular flexibility index (Phi) is 8.54. The number of ether oxygens (including phenoxy) is 1. The van der Waals surface area contributed by atoms with Gasteiger partial charge in [0.1, 0.15) is 5.75 Å². The van der Waals surface area contributed by atoms with E-state index in [1.807, 2.05) is 31.2 Å². The molecule has 1 fully saturated rings. The summed E-state index contributed by atoms with van der Waals surface area (Å²) >= 11 is 0. The van der Waals surface area contributed by atoms with Crippen molar-refractivity contribution in [1.29, 1.82) is 0 Å². The first-order valence-electron chi connectivity index (χ1n) is 9.68. The Morgan fingerprint density at radius 2 is 1.78 bits per heavy atom. The molecule has 1 unspecified atom stereocenters. The van der Waals surface area contributed by atoms with E-state index >= 15 is 0 Å². The van der Waals surface area contributed by atoms with Crippen molar-refractivity contribution >= 4 is 17.5 Å². The molecule has 2 N–H and O–H groups in total. The highest BCUT2D eigenvalue weighted by Crippen LogP contribution is 2.23. The van der Waals surface area contributed by atoms with Crippen molar-refractivity contribution in [2.75, 3.05) is 51.7 Å². The summed E-state index contributed by atoms with van der Waals surface area (Å²) in [7, 11) is 1.59. The zero-order valence-corrected chi connectivity index (χ0v) is 16.7. The number of nitrogens with one attached hydrogen (secondary N) is 2. The van der Waals surface area contributed by atoms with Crippen molar-refractivity contribution in [2.45, 2.75) is 32.7 Å². The maximum atomic E-state index is 12.2. The molecule has 2 rings (SSSR count). The highest BCUT2D eigenvalue weighted by atomic mass is 16.5. The fraction of sp³-hybridized carbons (Fsp3) is 0.600. The zero-order valence-electron chi connectivity index (χ0n) is 16.7. The monoisotopic (exact) mass is 376 g/mol. The average Bonchev–Trinajstić information content (AvgIpc) is 2.67. The number of methoxy groups -OCH3 is 1. The van der Waals surface area contributed by atoms with Crippen LogP contribution in [-0.2, 0) is 9.59 Å². The van der Waals surface area contributed by atoms with Gasteiger partial charge in [0.2, 0.25) is 11.8 Å². The Labute approximate surface area is 162 Å². The first-order valence-corrected chi connectivity index (χ1v) is 9.68. The van der Waals surface area contributed by atoms with Gasteiger partial charge >= 0.3 is 0 Å². The molecule has 150 valence electrons. The van der Waals surface area contributed by atoms with Crippen LogP contribution in [0.25, 0.3) is 0 Å². The third kappa shape index (κ3) is 7.19. The Balaban J connectivity index is 1.67. The zero-order chi connectivity index (χ0) is 19.6. The first-order chi connectivity index (χ1) is 13.0. The Hall–Kier alpha value is -2.12. The largest absolute Gasteiger partial charge is 0.495 e. The van der Waals surface area contributed by atoms with Crippen LogP contribution in [0.4, 0.5) is 5.69 Å². The molecule has 1 aromatic rings. The molecule has 0 spiro atoms. The SMILES string of the molecule is CCC(C)NC(=O)CN1CCN(CCC(=O)Nc2ccccc2OC)CC1. The van der Waals surface area contributed by atoms with E-state index in [2.05, 4.69) is 27.4 Å². The quantitative estimate of drug-likeness (QED) is 0.684. The number of amides is 2. The molecular weight excluding hydrogens is 344 g/mol. The second-order valence-corrected chi connectivity index (χ2v) is 6.99. The maximum Gasteiger partial charge on any atom is 0.234 e. The van der Waals surface area contributed by atoms with Crippen LogP contribution in [0.2, 0.25) is 0 Å². The summed E-state index contributed by atoms with van der Waals surface area (Å²) in [6, 6.07) is 7.62. The topological polar surface area (TPSA) is 73.9 Å². The van der Waals surface area contributed by atoms with Gasteiger partial charge < -0.3 is 20.3 Å². The number of rotatable bonds is 9. The molecule has 27 heavy (non-hydrogen) atoms. The van der Waals surface area contributed by atoms with Crippen LogP contribution in [0.5, 0.6) is 5.75 Å². The van der Waals surface area contributed by atoms with Crippen molar-refractivity contribution in [2.24, 2.45) is 0 Å². The summed E-state index contributed by atoms with van der Waals surface area (Å²) in [4.78, 5) is 28.6. The fourth-order valence-electron chi connectivity index (χ4n) is 3.02. The van der Waals surface area contributed by atoms with E-state index in [9.17, 15) is 9.59 Å². The predicted octanol–water partition coefficient (Wildman–Crippen LogP) is 1.56. The van der Waals surface area contributed by atoms with Crippen molar-refractivity contribution in [1.82, 2.24) is 15.1 Å². The van der Waals surface area contributed by atoms with Crippen LogP contribution in [0.15, 0.2) is 24.3 Å².